The third kappa shape index (κ3) is 6.29. The van der Waals surface area contributed by atoms with Crippen LogP contribution in [0.3, 0.4) is 0 Å². The van der Waals surface area contributed by atoms with Crippen LogP contribution >= 0.6 is 23.2 Å². The lowest BCUT2D eigenvalue weighted by Crippen LogP contribution is -2.22. The summed E-state index contributed by atoms with van der Waals surface area (Å²) >= 11 is 11.8. The van der Waals surface area contributed by atoms with Crippen molar-refractivity contribution in [1.82, 2.24) is 0 Å². The van der Waals surface area contributed by atoms with E-state index in [1.165, 1.54) is 0 Å². The van der Waals surface area contributed by atoms with E-state index < -0.39 is 11.8 Å². The quantitative estimate of drug-likeness (QED) is 0.710. The van der Waals surface area contributed by atoms with Gasteiger partial charge in [-0.3, -0.25) is 9.59 Å². The molecule has 0 aliphatic heterocycles. The second-order valence-electron chi connectivity index (χ2n) is 5.59. The van der Waals surface area contributed by atoms with Crippen LogP contribution in [0.4, 0.5) is 11.4 Å². The molecule has 5 nitrogen and oxygen atoms in total. The van der Waals surface area contributed by atoms with Crippen molar-refractivity contribution in [2.75, 3.05) is 10.6 Å². The summed E-state index contributed by atoms with van der Waals surface area (Å²) in [6.45, 7) is 3.78. The van der Waals surface area contributed by atoms with Crippen LogP contribution in [-0.4, -0.2) is 17.9 Å². The van der Waals surface area contributed by atoms with Gasteiger partial charge < -0.3 is 15.4 Å². The molecule has 0 atom stereocenters. The maximum absolute atomic E-state index is 12.1. The molecule has 0 bridgehead atoms. The summed E-state index contributed by atoms with van der Waals surface area (Å²) in [5.74, 6) is -0.378. The minimum Gasteiger partial charge on any atom is -0.489 e. The molecule has 2 aromatic rings. The molecule has 0 radical (unpaired) electrons. The highest BCUT2D eigenvalue weighted by atomic mass is 35.5. The van der Waals surface area contributed by atoms with Crippen LogP contribution < -0.4 is 15.4 Å². The summed E-state index contributed by atoms with van der Waals surface area (Å²) in [7, 11) is 0. The molecule has 0 heterocycles. The topological polar surface area (TPSA) is 67.4 Å². The van der Waals surface area contributed by atoms with Gasteiger partial charge in [0, 0.05) is 15.7 Å². The first kappa shape index (κ1) is 19.1. The summed E-state index contributed by atoms with van der Waals surface area (Å²) in [6.07, 6.45) is -0.380. The van der Waals surface area contributed by atoms with Crippen molar-refractivity contribution in [3.63, 3.8) is 0 Å². The number of hydrogen-bond donors (Lipinski definition) is 2. The minimum atomic E-state index is -0.474. The van der Waals surface area contributed by atoms with E-state index in [1.54, 1.807) is 36.4 Å². The minimum absolute atomic E-state index is 0.0334. The van der Waals surface area contributed by atoms with Crippen molar-refractivity contribution in [2.45, 2.75) is 26.4 Å². The zero-order valence-corrected chi connectivity index (χ0v) is 15.3. The highest BCUT2D eigenvalue weighted by Crippen LogP contribution is 2.25. The highest BCUT2D eigenvalue weighted by molar-refractivity contribution is 6.35. The van der Waals surface area contributed by atoms with E-state index in [-0.39, 0.29) is 12.5 Å². The molecule has 7 heteroatoms. The van der Waals surface area contributed by atoms with Crippen molar-refractivity contribution in [3.8, 4) is 5.75 Å². The number of carbonyl (C=O) groups excluding carboxylic acids is 2. The fraction of sp³-hybridized carbons (Fsp3) is 0.222. The molecular formula is C18H18Cl2N2O3. The van der Waals surface area contributed by atoms with Crippen LogP contribution in [-0.2, 0) is 9.59 Å². The molecule has 0 unspecified atom stereocenters. The molecule has 0 aromatic heterocycles. The first-order valence-electron chi connectivity index (χ1n) is 7.65. The number of ether oxygens (including phenoxy) is 1. The molecule has 0 saturated carbocycles. The molecule has 2 aromatic carbocycles. The third-order valence-electron chi connectivity index (χ3n) is 2.99. The van der Waals surface area contributed by atoms with Gasteiger partial charge in [-0.1, -0.05) is 35.3 Å². The Labute approximate surface area is 156 Å². The van der Waals surface area contributed by atoms with E-state index in [0.717, 1.165) is 0 Å². The SMILES string of the molecule is CC(C)Oc1ccccc1NC(=O)CC(=O)Nc1cc(Cl)cc(Cl)c1. The van der Waals surface area contributed by atoms with Gasteiger partial charge in [-0.2, -0.15) is 0 Å². The molecule has 2 amide bonds. The Kier molecular flexibility index (Phi) is 6.67. The fourth-order valence-corrected chi connectivity index (χ4v) is 2.62. The average Bonchev–Trinajstić information content (AvgIpc) is 2.47. The highest BCUT2D eigenvalue weighted by Gasteiger charge is 2.13. The summed E-state index contributed by atoms with van der Waals surface area (Å²) in [5, 5.41) is 6.06. The lowest BCUT2D eigenvalue weighted by Gasteiger charge is -2.14. The molecular weight excluding hydrogens is 363 g/mol. The summed E-state index contributed by atoms with van der Waals surface area (Å²) in [6, 6.07) is 11.7. The van der Waals surface area contributed by atoms with Crippen molar-refractivity contribution < 1.29 is 14.3 Å². The number of para-hydroxylation sites is 2. The summed E-state index contributed by atoms with van der Waals surface area (Å²) < 4.78 is 5.63. The average molecular weight is 381 g/mol. The third-order valence-corrected chi connectivity index (χ3v) is 3.43. The Hall–Kier alpha value is -2.24. The Morgan fingerprint density at radius 3 is 2.24 bits per heavy atom. The molecule has 132 valence electrons. The van der Waals surface area contributed by atoms with Crippen LogP contribution in [0.1, 0.15) is 20.3 Å². The molecule has 25 heavy (non-hydrogen) atoms. The largest absolute Gasteiger partial charge is 0.489 e. The van der Waals surface area contributed by atoms with E-state index in [0.29, 0.717) is 27.2 Å². The lowest BCUT2D eigenvalue weighted by atomic mass is 10.2. The van der Waals surface area contributed by atoms with E-state index in [9.17, 15) is 9.59 Å². The van der Waals surface area contributed by atoms with Gasteiger partial charge in [0.2, 0.25) is 11.8 Å². The van der Waals surface area contributed by atoms with Crippen molar-refractivity contribution in [3.05, 3.63) is 52.5 Å². The van der Waals surface area contributed by atoms with Crippen LogP contribution in [0.15, 0.2) is 42.5 Å². The lowest BCUT2D eigenvalue weighted by molar-refractivity contribution is -0.123. The Morgan fingerprint density at radius 1 is 1.00 bits per heavy atom. The van der Waals surface area contributed by atoms with E-state index in [2.05, 4.69) is 10.6 Å². The number of rotatable bonds is 6. The normalized spacial score (nSPS) is 10.4. The second kappa shape index (κ2) is 8.74. The molecule has 0 aliphatic carbocycles. The summed E-state index contributed by atoms with van der Waals surface area (Å²) in [4.78, 5) is 24.1. The Balaban J connectivity index is 1.97. The predicted molar refractivity (Wildman–Crippen MR) is 101 cm³/mol. The van der Waals surface area contributed by atoms with Gasteiger partial charge in [0.1, 0.15) is 12.2 Å². The maximum Gasteiger partial charge on any atom is 0.233 e. The molecule has 0 saturated heterocycles. The number of benzene rings is 2. The molecule has 2 rings (SSSR count). The molecule has 0 spiro atoms. The zero-order chi connectivity index (χ0) is 18.4. The predicted octanol–water partition coefficient (Wildman–Crippen LogP) is 4.75. The molecule has 2 N–H and O–H groups in total. The smallest absolute Gasteiger partial charge is 0.233 e. The maximum atomic E-state index is 12.1. The van der Waals surface area contributed by atoms with Gasteiger partial charge in [0.05, 0.1) is 11.8 Å². The number of amides is 2. The van der Waals surface area contributed by atoms with Gasteiger partial charge in [0.15, 0.2) is 0 Å². The first-order chi connectivity index (χ1) is 11.8. The summed E-state index contributed by atoms with van der Waals surface area (Å²) in [5.41, 5.74) is 0.943. The van der Waals surface area contributed by atoms with Crippen LogP contribution in [0.5, 0.6) is 5.75 Å². The van der Waals surface area contributed by atoms with E-state index in [1.807, 2.05) is 19.9 Å². The number of hydrogen-bond acceptors (Lipinski definition) is 3. The van der Waals surface area contributed by atoms with Crippen LogP contribution in [0, 0.1) is 0 Å². The first-order valence-corrected chi connectivity index (χ1v) is 8.40. The molecule has 0 aliphatic rings. The van der Waals surface area contributed by atoms with Gasteiger partial charge >= 0.3 is 0 Å². The van der Waals surface area contributed by atoms with E-state index >= 15 is 0 Å². The fourth-order valence-electron chi connectivity index (χ4n) is 2.10. The van der Waals surface area contributed by atoms with Gasteiger partial charge in [-0.15, -0.1) is 0 Å². The number of carbonyl (C=O) groups is 2. The zero-order valence-electron chi connectivity index (χ0n) is 13.8. The van der Waals surface area contributed by atoms with E-state index in [4.69, 9.17) is 27.9 Å². The van der Waals surface area contributed by atoms with Crippen LogP contribution in [0.25, 0.3) is 0 Å². The van der Waals surface area contributed by atoms with Gasteiger partial charge in [-0.05, 0) is 44.2 Å². The van der Waals surface area contributed by atoms with Crippen LogP contribution in [0.2, 0.25) is 10.0 Å². The second-order valence-corrected chi connectivity index (χ2v) is 6.47. The van der Waals surface area contributed by atoms with Gasteiger partial charge in [-0.25, -0.2) is 0 Å². The molecule has 0 fully saturated rings. The van der Waals surface area contributed by atoms with Gasteiger partial charge in [0.25, 0.3) is 0 Å². The van der Waals surface area contributed by atoms with Crippen molar-refractivity contribution in [2.24, 2.45) is 0 Å². The Bertz CT molecular complexity index is 758. The van der Waals surface area contributed by atoms with Crippen molar-refractivity contribution >= 4 is 46.4 Å². The van der Waals surface area contributed by atoms with Crippen molar-refractivity contribution in [1.29, 1.82) is 0 Å². The number of nitrogens with one attached hydrogen (secondary N) is 2. The number of halogens is 2. The monoisotopic (exact) mass is 380 g/mol. The number of anilines is 2. The Morgan fingerprint density at radius 2 is 1.60 bits per heavy atom. The standard InChI is InChI=1S/C18H18Cl2N2O3/c1-11(2)25-16-6-4-3-5-15(16)22-18(24)10-17(23)21-14-8-12(19)7-13(20)9-14/h3-9,11H,10H2,1-2H3,(H,21,23)(H,22,24).